The summed E-state index contributed by atoms with van der Waals surface area (Å²) in [6.45, 7) is 14.2. The summed E-state index contributed by atoms with van der Waals surface area (Å²) in [5.41, 5.74) is 2.95. The van der Waals surface area contributed by atoms with Crippen molar-refractivity contribution in [2.45, 2.75) is 104 Å². The average Bonchev–Trinajstić information content (AvgIpc) is 3.05. The standard InChI is InChI=1S/C31H36F4N6O3/c1-13-14(2)38-26-21-20(13)23(32)24(17-11-19(36)37-15(3)22(17)31(33,34)35)39-27(21)43-16(4)25-18-9-10-30(8,12-40(25)26)41(18)28(42)44-29(5,6)7/h11,16,18,25H,9-10,12H2,1-8H3,(H2,36,37)/t16?,18-,25+,30+/m0/s1. The zero-order valence-corrected chi connectivity index (χ0v) is 26.0. The second-order valence-corrected chi connectivity index (χ2v) is 13.4. The third-order valence-electron chi connectivity index (χ3n) is 9.08. The molecular formula is C31H36F4N6O3. The van der Waals surface area contributed by atoms with Gasteiger partial charge in [-0.05, 0) is 79.9 Å². The van der Waals surface area contributed by atoms with E-state index in [9.17, 15) is 18.0 Å². The summed E-state index contributed by atoms with van der Waals surface area (Å²) in [5.74, 6) is -0.734. The summed E-state index contributed by atoms with van der Waals surface area (Å²) < 4.78 is 71.9. The van der Waals surface area contributed by atoms with E-state index in [0.717, 1.165) is 6.07 Å². The number of halogens is 4. The van der Waals surface area contributed by atoms with Gasteiger partial charge in [0.1, 0.15) is 29.0 Å². The molecule has 3 aromatic heterocycles. The van der Waals surface area contributed by atoms with E-state index >= 15 is 4.39 Å². The quantitative estimate of drug-likeness (QED) is 0.310. The Labute approximate surface area is 252 Å². The molecular weight excluding hydrogens is 580 g/mol. The molecule has 0 aliphatic carbocycles. The maximum atomic E-state index is 16.7. The van der Waals surface area contributed by atoms with Gasteiger partial charge >= 0.3 is 12.3 Å². The van der Waals surface area contributed by atoms with E-state index in [1.165, 1.54) is 6.92 Å². The molecule has 3 aromatic rings. The van der Waals surface area contributed by atoms with Gasteiger partial charge in [0.2, 0.25) is 5.88 Å². The second-order valence-electron chi connectivity index (χ2n) is 13.4. The summed E-state index contributed by atoms with van der Waals surface area (Å²) in [6, 6.07) is 0.253. The van der Waals surface area contributed by atoms with Gasteiger partial charge in [-0.25, -0.2) is 24.1 Å². The lowest BCUT2D eigenvalue weighted by molar-refractivity contribution is -0.137. The minimum absolute atomic E-state index is 0.0325. The van der Waals surface area contributed by atoms with Crippen molar-refractivity contribution in [2.24, 2.45) is 0 Å². The van der Waals surface area contributed by atoms with Gasteiger partial charge in [-0.1, -0.05) is 0 Å². The number of carbonyl (C=O) groups excluding carboxylic acids is 1. The molecule has 0 saturated carbocycles. The van der Waals surface area contributed by atoms with Gasteiger partial charge in [-0.2, -0.15) is 13.2 Å². The fourth-order valence-electron chi connectivity index (χ4n) is 7.26. The first-order chi connectivity index (χ1) is 20.3. The minimum Gasteiger partial charge on any atom is -0.472 e. The zero-order chi connectivity index (χ0) is 32.3. The van der Waals surface area contributed by atoms with Crippen LogP contribution in [0.5, 0.6) is 5.88 Å². The lowest BCUT2D eigenvalue weighted by Crippen LogP contribution is -2.69. The van der Waals surface area contributed by atoms with Crippen LogP contribution in [0.4, 0.5) is 34.0 Å². The summed E-state index contributed by atoms with van der Waals surface area (Å²) in [4.78, 5) is 30.5. The molecule has 0 radical (unpaired) electrons. The van der Waals surface area contributed by atoms with E-state index < -0.39 is 58.2 Å². The van der Waals surface area contributed by atoms with Crippen molar-refractivity contribution in [1.29, 1.82) is 0 Å². The first-order valence-corrected chi connectivity index (χ1v) is 14.6. The number of nitrogens with zero attached hydrogens (tertiary/aromatic N) is 5. The molecule has 3 aliphatic rings. The monoisotopic (exact) mass is 616 g/mol. The Morgan fingerprint density at radius 1 is 1.11 bits per heavy atom. The number of amides is 1. The van der Waals surface area contributed by atoms with Crippen molar-refractivity contribution >= 4 is 28.5 Å². The van der Waals surface area contributed by atoms with Crippen molar-refractivity contribution in [3.8, 4) is 17.1 Å². The molecule has 2 saturated heterocycles. The number of carbonyl (C=O) groups is 1. The molecule has 1 unspecified atom stereocenters. The van der Waals surface area contributed by atoms with Crippen LogP contribution in [0.2, 0.25) is 0 Å². The number of alkyl halides is 3. The first-order valence-electron chi connectivity index (χ1n) is 14.6. The first kappa shape index (κ1) is 30.1. The van der Waals surface area contributed by atoms with Crippen molar-refractivity contribution in [3.05, 3.63) is 34.4 Å². The van der Waals surface area contributed by atoms with E-state index in [4.69, 9.17) is 20.2 Å². The fourth-order valence-corrected chi connectivity index (χ4v) is 7.26. The summed E-state index contributed by atoms with van der Waals surface area (Å²) in [5, 5.41) is 0.360. The van der Waals surface area contributed by atoms with Crippen LogP contribution in [0.1, 0.15) is 70.0 Å². The van der Waals surface area contributed by atoms with Crippen molar-refractivity contribution < 1.29 is 31.8 Å². The Morgan fingerprint density at radius 2 is 1.80 bits per heavy atom. The molecule has 13 heteroatoms. The van der Waals surface area contributed by atoms with Crippen molar-refractivity contribution in [3.63, 3.8) is 0 Å². The molecule has 2 bridgehead atoms. The number of aryl methyl sites for hydroxylation is 3. The molecule has 0 aromatic carbocycles. The van der Waals surface area contributed by atoms with Crippen molar-refractivity contribution in [2.75, 3.05) is 17.2 Å². The van der Waals surface area contributed by atoms with E-state index in [1.54, 1.807) is 18.7 Å². The molecule has 6 heterocycles. The molecule has 4 atom stereocenters. The van der Waals surface area contributed by atoms with Crippen LogP contribution in [-0.2, 0) is 10.9 Å². The molecule has 2 N–H and O–H groups in total. The summed E-state index contributed by atoms with van der Waals surface area (Å²) in [6.07, 6.45) is -4.49. The van der Waals surface area contributed by atoms with E-state index in [0.29, 0.717) is 36.5 Å². The lowest BCUT2D eigenvalue weighted by atomic mass is 9.93. The number of pyridine rings is 3. The third-order valence-corrected chi connectivity index (χ3v) is 9.08. The number of hydrogen-bond acceptors (Lipinski definition) is 8. The third kappa shape index (κ3) is 4.49. The molecule has 44 heavy (non-hydrogen) atoms. The number of fused-ring (bicyclic) bond motifs is 5. The number of piperazine rings is 1. The Balaban J connectivity index is 1.59. The maximum Gasteiger partial charge on any atom is 0.418 e. The van der Waals surface area contributed by atoms with Crippen molar-refractivity contribution in [1.82, 2.24) is 19.9 Å². The lowest BCUT2D eigenvalue weighted by Gasteiger charge is -2.52. The minimum atomic E-state index is -4.85. The smallest absolute Gasteiger partial charge is 0.418 e. The van der Waals surface area contributed by atoms with Gasteiger partial charge in [0.15, 0.2) is 5.82 Å². The van der Waals surface area contributed by atoms with Gasteiger partial charge in [0, 0.05) is 23.2 Å². The number of anilines is 2. The van der Waals surface area contributed by atoms with Gasteiger partial charge in [0.25, 0.3) is 0 Å². The molecule has 9 nitrogen and oxygen atoms in total. The average molecular weight is 617 g/mol. The Kier molecular flexibility index (Phi) is 6.54. The van der Waals surface area contributed by atoms with E-state index in [1.807, 2.05) is 34.6 Å². The predicted octanol–water partition coefficient (Wildman–Crippen LogP) is 6.48. The number of nitrogens with two attached hydrogens (primary N) is 1. The Hall–Kier alpha value is -3.90. The van der Waals surface area contributed by atoms with Gasteiger partial charge < -0.3 is 20.1 Å². The van der Waals surface area contributed by atoms with Gasteiger partial charge in [-0.3, -0.25) is 4.90 Å². The highest BCUT2D eigenvalue weighted by atomic mass is 19.4. The van der Waals surface area contributed by atoms with Crippen LogP contribution in [0, 0.1) is 26.6 Å². The maximum absolute atomic E-state index is 16.7. The van der Waals surface area contributed by atoms with Gasteiger partial charge in [-0.15, -0.1) is 0 Å². The highest BCUT2D eigenvalue weighted by molar-refractivity contribution is 6.02. The fraction of sp³-hybridized carbons (Fsp3) is 0.548. The molecule has 3 aliphatic heterocycles. The number of nitrogen functional groups attached to an aromatic ring is 1. The van der Waals surface area contributed by atoms with Crippen LogP contribution >= 0.6 is 0 Å². The highest BCUT2D eigenvalue weighted by Crippen LogP contribution is 2.51. The Morgan fingerprint density at radius 3 is 2.43 bits per heavy atom. The molecule has 236 valence electrons. The summed E-state index contributed by atoms with van der Waals surface area (Å²) in [7, 11) is 0. The molecule has 6 rings (SSSR count). The van der Waals surface area contributed by atoms with E-state index in [-0.39, 0.29) is 34.2 Å². The molecule has 2 fully saturated rings. The van der Waals surface area contributed by atoms with E-state index in [2.05, 4.69) is 14.9 Å². The number of rotatable bonds is 1. The zero-order valence-electron chi connectivity index (χ0n) is 26.0. The van der Waals surface area contributed by atoms with Crippen LogP contribution in [0.15, 0.2) is 6.07 Å². The Bertz CT molecular complexity index is 1720. The largest absolute Gasteiger partial charge is 0.472 e. The van der Waals surface area contributed by atoms with Crippen LogP contribution in [0.25, 0.3) is 22.0 Å². The highest BCUT2D eigenvalue weighted by Gasteiger charge is 2.59. The van der Waals surface area contributed by atoms with Crippen LogP contribution < -0.4 is 15.4 Å². The number of ether oxygens (including phenoxy) is 2. The SMILES string of the molecule is Cc1nc(N)cc(-c2nc3c4c(nc(C)c(C)c4c2F)N2C[C@@]4(C)CC[C@@H]([C@H]2C(C)O3)N4C(=O)OC(C)(C)C)c1C(F)(F)F. The topological polar surface area (TPSA) is 107 Å². The number of aromatic nitrogens is 3. The normalized spacial score (nSPS) is 24.7. The predicted molar refractivity (Wildman–Crippen MR) is 157 cm³/mol. The van der Waals surface area contributed by atoms with Crippen LogP contribution in [-0.4, -0.2) is 61.8 Å². The molecule has 0 spiro atoms. The summed E-state index contributed by atoms with van der Waals surface area (Å²) >= 11 is 0. The second kappa shape index (κ2) is 9.55. The van der Waals surface area contributed by atoms with Crippen LogP contribution in [0.3, 0.4) is 0 Å². The van der Waals surface area contributed by atoms with Gasteiger partial charge in [0.05, 0.1) is 34.3 Å². The number of hydrogen-bond donors (Lipinski definition) is 1. The molecule has 1 amide bonds.